The maximum Gasteiger partial charge on any atom is 0.276 e. The normalized spacial score (nSPS) is 18.1. The Morgan fingerprint density at radius 2 is 2.00 bits per heavy atom. The van der Waals surface area contributed by atoms with Gasteiger partial charge >= 0.3 is 0 Å². The van der Waals surface area contributed by atoms with Crippen molar-refractivity contribution in [3.8, 4) is 11.3 Å². The van der Waals surface area contributed by atoms with Gasteiger partial charge in [0.2, 0.25) is 0 Å². The van der Waals surface area contributed by atoms with Crippen LogP contribution in [-0.2, 0) is 7.05 Å². The van der Waals surface area contributed by atoms with Gasteiger partial charge in [0.15, 0.2) is 11.5 Å². The summed E-state index contributed by atoms with van der Waals surface area (Å²) in [6.07, 6.45) is 1.33. The van der Waals surface area contributed by atoms with Crippen molar-refractivity contribution in [1.29, 1.82) is 0 Å². The minimum absolute atomic E-state index is 0.0882. The number of aromatic nitrogens is 3. The number of amides is 1. The number of benzene rings is 1. The molecule has 1 fully saturated rings. The number of hydrogen-bond acceptors (Lipinski definition) is 6. The molecule has 0 bridgehead atoms. The molecule has 0 aliphatic carbocycles. The summed E-state index contributed by atoms with van der Waals surface area (Å²) in [7, 11) is 1.60. The van der Waals surface area contributed by atoms with Crippen molar-refractivity contribution in [2.24, 2.45) is 12.8 Å². The molecule has 33 heavy (non-hydrogen) atoms. The van der Waals surface area contributed by atoms with Crippen LogP contribution in [0.2, 0.25) is 0 Å². The highest BCUT2D eigenvalue weighted by molar-refractivity contribution is 6.07. The van der Waals surface area contributed by atoms with Crippen LogP contribution in [0.3, 0.4) is 0 Å². The van der Waals surface area contributed by atoms with E-state index in [1.165, 1.54) is 34.0 Å². The average molecular weight is 459 g/mol. The molecule has 11 heteroatoms. The predicted molar refractivity (Wildman–Crippen MR) is 120 cm³/mol. The van der Waals surface area contributed by atoms with Crippen molar-refractivity contribution < 1.29 is 18.0 Å². The molecule has 2 aromatic heterocycles. The van der Waals surface area contributed by atoms with Crippen molar-refractivity contribution in [2.75, 3.05) is 29.0 Å². The number of nitrogens with two attached hydrogens (primary N) is 2. The Balaban J connectivity index is 1.63. The van der Waals surface area contributed by atoms with Crippen molar-refractivity contribution in [3.63, 3.8) is 0 Å². The highest BCUT2D eigenvalue weighted by atomic mass is 19.3. The van der Waals surface area contributed by atoms with Gasteiger partial charge in [-0.25, -0.2) is 18.2 Å². The maximum atomic E-state index is 14.3. The van der Waals surface area contributed by atoms with Gasteiger partial charge in [-0.05, 0) is 30.7 Å². The molecule has 1 saturated heterocycles. The number of nitrogens with one attached hydrogen (secondary N) is 1. The van der Waals surface area contributed by atoms with E-state index in [2.05, 4.69) is 15.4 Å². The summed E-state index contributed by atoms with van der Waals surface area (Å²) in [5.41, 5.74) is 12.4. The Kier molecular flexibility index (Phi) is 5.98. The van der Waals surface area contributed by atoms with Crippen LogP contribution in [0.15, 0.2) is 42.6 Å². The van der Waals surface area contributed by atoms with Gasteiger partial charge in [-0.15, -0.1) is 0 Å². The van der Waals surface area contributed by atoms with Crippen molar-refractivity contribution in [3.05, 3.63) is 54.1 Å². The molecule has 0 spiro atoms. The van der Waals surface area contributed by atoms with Crippen LogP contribution >= 0.6 is 0 Å². The fraction of sp³-hybridized carbons (Fsp3) is 0.318. The van der Waals surface area contributed by atoms with E-state index in [-0.39, 0.29) is 34.9 Å². The smallest absolute Gasteiger partial charge is 0.276 e. The summed E-state index contributed by atoms with van der Waals surface area (Å²) >= 11 is 0. The minimum atomic E-state index is -2.98. The molecule has 0 radical (unpaired) electrons. The van der Waals surface area contributed by atoms with E-state index in [1.807, 2.05) is 0 Å². The van der Waals surface area contributed by atoms with Gasteiger partial charge in [-0.3, -0.25) is 9.48 Å². The van der Waals surface area contributed by atoms with E-state index in [4.69, 9.17) is 11.5 Å². The molecule has 1 aliphatic heterocycles. The van der Waals surface area contributed by atoms with Crippen molar-refractivity contribution in [2.45, 2.75) is 24.8 Å². The molecule has 1 amide bonds. The zero-order chi connectivity index (χ0) is 23.8. The fourth-order valence-electron chi connectivity index (χ4n) is 3.96. The third kappa shape index (κ3) is 4.77. The molecule has 4 rings (SSSR count). The Hall–Kier alpha value is -3.60. The monoisotopic (exact) mass is 459 g/mol. The second kappa shape index (κ2) is 8.74. The molecule has 1 aliphatic rings. The lowest BCUT2D eigenvalue weighted by atomic mass is 10.1. The summed E-state index contributed by atoms with van der Waals surface area (Å²) < 4.78 is 44.3. The van der Waals surface area contributed by atoms with E-state index in [9.17, 15) is 18.0 Å². The molecule has 174 valence electrons. The molecule has 3 aromatic rings. The Labute approximate surface area is 188 Å². The van der Waals surface area contributed by atoms with Crippen molar-refractivity contribution >= 4 is 23.1 Å². The first-order chi connectivity index (χ1) is 15.6. The summed E-state index contributed by atoms with van der Waals surface area (Å²) in [6.45, 7) is -0.269. The number of anilines is 3. The standard InChI is InChI=1S/C22H24F3N7O/c1-31-21(32-9-8-13(26)10-22(24,25)12-32)18(11-28-31)30-20(33)19-16(27)6-7-17(29-19)14-4-2-3-5-15(14)23/h2-7,11,13H,8-10,12,26-27H2,1H3,(H,30,33)/t13-/m1/s1. The van der Waals surface area contributed by atoms with E-state index >= 15 is 0 Å². The molecule has 3 heterocycles. The van der Waals surface area contributed by atoms with Crippen LogP contribution in [0.4, 0.5) is 30.4 Å². The number of hydrogen-bond donors (Lipinski definition) is 3. The molecule has 0 unspecified atom stereocenters. The Morgan fingerprint density at radius 3 is 2.76 bits per heavy atom. The van der Waals surface area contributed by atoms with Crippen LogP contribution in [0.1, 0.15) is 23.3 Å². The number of aryl methyl sites for hydroxylation is 1. The molecule has 8 nitrogen and oxygen atoms in total. The molecule has 1 atom stereocenters. The first-order valence-electron chi connectivity index (χ1n) is 10.4. The molecular weight excluding hydrogens is 435 g/mol. The van der Waals surface area contributed by atoms with Gasteiger partial charge < -0.3 is 21.7 Å². The summed E-state index contributed by atoms with van der Waals surface area (Å²) in [5.74, 6) is -3.82. The van der Waals surface area contributed by atoms with Crippen molar-refractivity contribution in [1.82, 2.24) is 14.8 Å². The average Bonchev–Trinajstić information content (AvgIpc) is 3.04. The molecule has 1 aromatic carbocycles. The van der Waals surface area contributed by atoms with E-state index in [0.717, 1.165) is 0 Å². The third-order valence-corrected chi connectivity index (χ3v) is 5.50. The molecule has 5 N–H and O–H groups in total. The van der Waals surface area contributed by atoms with Crippen LogP contribution in [0, 0.1) is 5.82 Å². The maximum absolute atomic E-state index is 14.3. The summed E-state index contributed by atoms with van der Waals surface area (Å²) in [5, 5.41) is 6.78. The topological polar surface area (TPSA) is 115 Å². The number of halogens is 3. The summed E-state index contributed by atoms with van der Waals surface area (Å²) in [4.78, 5) is 18.7. The van der Waals surface area contributed by atoms with Gasteiger partial charge in [0.05, 0.1) is 24.1 Å². The van der Waals surface area contributed by atoms with Gasteiger partial charge in [0, 0.05) is 31.6 Å². The van der Waals surface area contributed by atoms with Gasteiger partial charge in [0.25, 0.3) is 11.8 Å². The van der Waals surface area contributed by atoms with Crippen LogP contribution in [0.25, 0.3) is 11.3 Å². The first kappa shape index (κ1) is 22.6. The second-order valence-electron chi connectivity index (χ2n) is 8.10. The third-order valence-electron chi connectivity index (χ3n) is 5.50. The van der Waals surface area contributed by atoms with Gasteiger partial charge in [-0.1, -0.05) is 12.1 Å². The number of nitrogen functional groups attached to an aromatic ring is 1. The van der Waals surface area contributed by atoms with E-state index < -0.39 is 36.7 Å². The van der Waals surface area contributed by atoms with Gasteiger partial charge in [0.1, 0.15) is 11.5 Å². The zero-order valence-electron chi connectivity index (χ0n) is 17.9. The Bertz CT molecular complexity index is 1180. The number of alkyl halides is 2. The highest BCUT2D eigenvalue weighted by Crippen LogP contribution is 2.33. The SMILES string of the molecule is Cn1ncc(NC(=O)c2nc(-c3ccccc3F)ccc2N)c1N1CC[C@@H](N)CC(F)(F)C1. The lowest BCUT2D eigenvalue weighted by Gasteiger charge is -2.27. The highest BCUT2D eigenvalue weighted by Gasteiger charge is 2.38. The number of rotatable bonds is 4. The molecular formula is C22H24F3N7O. The first-order valence-corrected chi connectivity index (χ1v) is 10.4. The number of carbonyl (C=O) groups is 1. The lowest BCUT2D eigenvalue weighted by Crippen LogP contribution is -2.37. The quantitative estimate of drug-likeness (QED) is 0.553. The van der Waals surface area contributed by atoms with Crippen LogP contribution < -0.4 is 21.7 Å². The van der Waals surface area contributed by atoms with E-state index in [1.54, 1.807) is 25.2 Å². The van der Waals surface area contributed by atoms with E-state index in [0.29, 0.717) is 12.2 Å². The number of nitrogens with zero attached hydrogens (tertiary/aromatic N) is 4. The number of carbonyl (C=O) groups excluding carboxylic acids is 1. The predicted octanol–water partition coefficient (Wildman–Crippen LogP) is 3.02. The number of pyridine rings is 1. The Morgan fingerprint density at radius 1 is 1.24 bits per heavy atom. The zero-order valence-corrected chi connectivity index (χ0v) is 17.9. The van der Waals surface area contributed by atoms with Gasteiger partial charge in [-0.2, -0.15) is 5.10 Å². The van der Waals surface area contributed by atoms with Crippen LogP contribution in [0.5, 0.6) is 0 Å². The minimum Gasteiger partial charge on any atom is -0.397 e. The molecule has 0 saturated carbocycles. The van der Waals surface area contributed by atoms with Crippen LogP contribution in [-0.4, -0.2) is 45.7 Å². The largest absolute Gasteiger partial charge is 0.397 e. The fourth-order valence-corrected chi connectivity index (χ4v) is 3.96. The summed E-state index contributed by atoms with van der Waals surface area (Å²) in [6, 6.07) is 8.39. The lowest BCUT2D eigenvalue weighted by molar-refractivity contribution is -0.000527. The second-order valence-corrected chi connectivity index (χ2v) is 8.10.